The summed E-state index contributed by atoms with van der Waals surface area (Å²) >= 11 is 3.37. The van der Waals surface area contributed by atoms with E-state index in [1.54, 1.807) is 12.1 Å². The number of hydrogen-bond acceptors (Lipinski definition) is 6. The second-order valence-electron chi connectivity index (χ2n) is 5.49. The summed E-state index contributed by atoms with van der Waals surface area (Å²) in [5, 5.41) is 0. The molecule has 3 aromatic rings. The smallest absolute Gasteiger partial charge is 0.271 e. The lowest BCUT2D eigenvalue weighted by molar-refractivity contribution is 0.0962. The van der Waals surface area contributed by atoms with E-state index in [9.17, 15) is 4.79 Å². The number of amides is 1. The molecule has 0 aliphatic rings. The third kappa shape index (κ3) is 4.76. The van der Waals surface area contributed by atoms with Crippen LogP contribution in [0.15, 0.2) is 53.1 Å². The summed E-state index contributed by atoms with van der Waals surface area (Å²) in [4.78, 5) is 24.7. The first-order chi connectivity index (χ1) is 12.5. The fourth-order valence-electron chi connectivity index (χ4n) is 2.17. The quantitative estimate of drug-likeness (QED) is 0.618. The van der Waals surface area contributed by atoms with Crippen LogP contribution in [-0.4, -0.2) is 20.9 Å². The van der Waals surface area contributed by atoms with Crippen LogP contribution in [0.1, 0.15) is 21.7 Å². The molecule has 0 radical (unpaired) electrons. The number of aromatic nitrogens is 3. The van der Waals surface area contributed by atoms with Gasteiger partial charge in [0, 0.05) is 28.1 Å². The van der Waals surface area contributed by atoms with Crippen LogP contribution in [0.3, 0.4) is 0 Å². The molecule has 26 heavy (non-hydrogen) atoms. The van der Waals surface area contributed by atoms with Gasteiger partial charge in [0.15, 0.2) is 0 Å². The lowest BCUT2D eigenvalue weighted by atomic mass is 10.3. The normalized spacial score (nSPS) is 10.3. The molecule has 2 aromatic heterocycles. The number of nitrogens with one attached hydrogen (secondary N) is 2. The summed E-state index contributed by atoms with van der Waals surface area (Å²) in [5.41, 5.74) is 7.24. The van der Waals surface area contributed by atoms with E-state index >= 15 is 0 Å². The lowest BCUT2D eigenvalue weighted by Gasteiger charge is -2.09. The van der Waals surface area contributed by atoms with Crippen molar-refractivity contribution < 1.29 is 9.53 Å². The summed E-state index contributed by atoms with van der Waals surface area (Å²) < 4.78 is 6.59. The van der Waals surface area contributed by atoms with Gasteiger partial charge in [-0.15, -0.1) is 0 Å². The molecule has 2 N–H and O–H groups in total. The first kappa shape index (κ1) is 17.8. The Balaban J connectivity index is 1.60. The molecule has 8 heteroatoms. The second kappa shape index (κ2) is 7.92. The molecule has 0 saturated heterocycles. The minimum Gasteiger partial charge on any atom is -0.439 e. The highest BCUT2D eigenvalue weighted by Gasteiger charge is 2.08. The van der Waals surface area contributed by atoms with Crippen LogP contribution in [-0.2, 0) is 0 Å². The topological polar surface area (TPSA) is 89.0 Å². The largest absolute Gasteiger partial charge is 0.439 e. The van der Waals surface area contributed by atoms with E-state index in [2.05, 4.69) is 41.7 Å². The minimum absolute atomic E-state index is 0.332. The number of rotatable bonds is 5. The molecule has 0 aliphatic carbocycles. The molecule has 3 rings (SSSR count). The number of nitrogens with zero attached hydrogens (tertiary/aromatic N) is 3. The van der Waals surface area contributed by atoms with Gasteiger partial charge in [-0.1, -0.05) is 15.9 Å². The number of aryl methyl sites for hydroxylation is 2. The number of ether oxygens (including phenoxy) is 1. The predicted molar refractivity (Wildman–Crippen MR) is 101 cm³/mol. The second-order valence-corrected chi connectivity index (χ2v) is 6.41. The molecule has 0 atom stereocenters. The van der Waals surface area contributed by atoms with Gasteiger partial charge in [0.05, 0.1) is 5.56 Å². The number of carbonyl (C=O) groups excluding carboxylic acids is 1. The Hall–Kier alpha value is -3.00. The predicted octanol–water partition coefficient (Wildman–Crippen LogP) is 3.80. The first-order valence-electron chi connectivity index (χ1n) is 7.78. The van der Waals surface area contributed by atoms with Crippen LogP contribution in [0.25, 0.3) is 0 Å². The molecule has 132 valence electrons. The monoisotopic (exact) mass is 413 g/mol. The molecule has 0 saturated carbocycles. The van der Waals surface area contributed by atoms with Gasteiger partial charge in [0.1, 0.15) is 5.75 Å². The summed E-state index contributed by atoms with van der Waals surface area (Å²) in [6, 6.07) is 12.5. The number of hydrogen-bond donors (Lipinski definition) is 2. The zero-order valence-corrected chi connectivity index (χ0v) is 15.7. The van der Waals surface area contributed by atoms with Gasteiger partial charge in [0.25, 0.3) is 5.91 Å². The molecule has 0 aliphatic heterocycles. The number of halogens is 1. The molecule has 1 aromatic carbocycles. The zero-order valence-electron chi connectivity index (χ0n) is 14.2. The molecule has 0 bridgehead atoms. The summed E-state index contributed by atoms with van der Waals surface area (Å²) in [5.74, 6) is 1.04. The average Bonchev–Trinajstić information content (AvgIpc) is 2.61. The highest BCUT2D eigenvalue weighted by molar-refractivity contribution is 9.10. The van der Waals surface area contributed by atoms with Crippen molar-refractivity contribution in [2.24, 2.45) is 0 Å². The van der Waals surface area contributed by atoms with Crippen molar-refractivity contribution in [2.45, 2.75) is 13.8 Å². The maximum atomic E-state index is 12.2. The molecule has 1 amide bonds. The lowest BCUT2D eigenvalue weighted by Crippen LogP contribution is -2.30. The molecule has 0 unspecified atom stereocenters. The Labute approximate surface area is 159 Å². The van der Waals surface area contributed by atoms with Crippen molar-refractivity contribution in [2.75, 3.05) is 5.43 Å². The van der Waals surface area contributed by atoms with Crippen molar-refractivity contribution in [1.82, 2.24) is 20.4 Å². The van der Waals surface area contributed by atoms with Gasteiger partial charge >= 0.3 is 0 Å². The van der Waals surface area contributed by atoms with Crippen molar-refractivity contribution >= 4 is 27.8 Å². The van der Waals surface area contributed by atoms with Gasteiger partial charge in [-0.2, -0.15) is 0 Å². The minimum atomic E-state index is -0.351. The maximum absolute atomic E-state index is 12.2. The number of benzene rings is 1. The van der Waals surface area contributed by atoms with Gasteiger partial charge in [-0.05, 0) is 50.2 Å². The SMILES string of the molecule is Cc1cc(C)nc(NNC(=O)c2ccc(Oc3ccc(Br)cc3)nc2)n1. The third-order valence-corrected chi connectivity index (χ3v) is 3.83. The average molecular weight is 414 g/mol. The summed E-state index contributed by atoms with van der Waals surface area (Å²) in [6.07, 6.45) is 1.44. The Morgan fingerprint density at radius 2 is 1.73 bits per heavy atom. The van der Waals surface area contributed by atoms with Gasteiger partial charge in [0.2, 0.25) is 11.8 Å². The van der Waals surface area contributed by atoms with Crippen molar-refractivity contribution in [3.63, 3.8) is 0 Å². The Morgan fingerprint density at radius 1 is 1.04 bits per heavy atom. The molecular weight excluding hydrogens is 398 g/mol. The van der Waals surface area contributed by atoms with Crippen molar-refractivity contribution in [3.05, 3.63) is 70.1 Å². The third-order valence-electron chi connectivity index (χ3n) is 3.30. The highest BCUT2D eigenvalue weighted by atomic mass is 79.9. The molecule has 2 heterocycles. The van der Waals surface area contributed by atoms with E-state index in [-0.39, 0.29) is 5.91 Å². The van der Waals surface area contributed by atoms with E-state index < -0.39 is 0 Å². The van der Waals surface area contributed by atoms with Gasteiger partial charge in [-0.25, -0.2) is 15.0 Å². The summed E-state index contributed by atoms with van der Waals surface area (Å²) in [7, 11) is 0. The van der Waals surface area contributed by atoms with Crippen LogP contribution < -0.4 is 15.6 Å². The van der Waals surface area contributed by atoms with Crippen LogP contribution >= 0.6 is 15.9 Å². The van der Waals surface area contributed by atoms with E-state index in [1.165, 1.54) is 6.20 Å². The van der Waals surface area contributed by atoms with E-state index in [0.717, 1.165) is 15.9 Å². The first-order valence-corrected chi connectivity index (χ1v) is 8.57. The van der Waals surface area contributed by atoms with Crippen molar-refractivity contribution in [3.8, 4) is 11.6 Å². The molecule has 7 nitrogen and oxygen atoms in total. The highest BCUT2D eigenvalue weighted by Crippen LogP contribution is 2.21. The fraction of sp³-hybridized carbons (Fsp3) is 0.111. The zero-order chi connectivity index (χ0) is 18.5. The molecular formula is C18H16BrN5O2. The molecule has 0 fully saturated rings. The van der Waals surface area contributed by atoms with Crippen LogP contribution in [0.5, 0.6) is 11.6 Å². The Bertz CT molecular complexity index is 894. The Morgan fingerprint density at radius 3 is 2.35 bits per heavy atom. The van der Waals surface area contributed by atoms with E-state index in [4.69, 9.17) is 4.74 Å². The van der Waals surface area contributed by atoms with Gasteiger partial charge in [-0.3, -0.25) is 15.6 Å². The number of carbonyl (C=O) groups is 1. The standard InChI is InChI=1S/C18H16BrN5O2/c1-11-9-12(2)22-18(21-11)24-23-17(25)13-3-8-16(20-10-13)26-15-6-4-14(19)5-7-15/h3-10H,1-2H3,(H,23,25)(H,21,22,24). The van der Waals surface area contributed by atoms with Crippen LogP contribution in [0.4, 0.5) is 5.95 Å². The van der Waals surface area contributed by atoms with Crippen LogP contribution in [0.2, 0.25) is 0 Å². The van der Waals surface area contributed by atoms with E-state index in [0.29, 0.717) is 23.1 Å². The number of hydrazine groups is 1. The molecule has 0 spiro atoms. The fourth-order valence-corrected chi connectivity index (χ4v) is 2.43. The van der Waals surface area contributed by atoms with E-state index in [1.807, 2.05) is 44.2 Å². The maximum Gasteiger partial charge on any atom is 0.271 e. The Kier molecular flexibility index (Phi) is 5.43. The van der Waals surface area contributed by atoms with Gasteiger partial charge < -0.3 is 4.74 Å². The summed E-state index contributed by atoms with van der Waals surface area (Å²) in [6.45, 7) is 3.71. The van der Waals surface area contributed by atoms with Crippen molar-refractivity contribution in [1.29, 1.82) is 0 Å². The number of anilines is 1. The number of pyridine rings is 1. The van der Waals surface area contributed by atoms with Crippen LogP contribution in [0, 0.1) is 13.8 Å².